The van der Waals surface area contributed by atoms with E-state index < -0.39 is 5.97 Å². The lowest BCUT2D eigenvalue weighted by Gasteiger charge is -2.16. The van der Waals surface area contributed by atoms with Gasteiger partial charge in [0, 0.05) is 0 Å². The third-order valence-electron chi connectivity index (χ3n) is 2.61. The van der Waals surface area contributed by atoms with Crippen LogP contribution >= 0.6 is 23.1 Å². The molecule has 0 aliphatic rings. The Morgan fingerprint density at radius 3 is 2.95 bits per heavy atom. The van der Waals surface area contributed by atoms with Crippen molar-refractivity contribution < 1.29 is 15.0 Å². The van der Waals surface area contributed by atoms with Crippen LogP contribution in [0, 0.1) is 0 Å². The van der Waals surface area contributed by atoms with E-state index in [2.05, 4.69) is 10.2 Å². The molecular formula is C11H13N3O3S2. The molecule has 0 aliphatic carbocycles. The molecule has 2 aromatic heterocycles. The van der Waals surface area contributed by atoms with E-state index in [1.807, 2.05) is 23.8 Å². The lowest BCUT2D eigenvalue weighted by Crippen LogP contribution is -2.12. The van der Waals surface area contributed by atoms with E-state index in [-0.39, 0.29) is 18.4 Å². The Morgan fingerprint density at radius 2 is 2.37 bits per heavy atom. The van der Waals surface area contributed by atoms with Crippen molar-refractivity contribution in [2.75, 3.05) is 5.75 Å². The third-order valence-corrected chi connectivity index (χ3v) is 4.24. The predicted molar refractivity (Wildman–Crippen MR) is 72.4 cm³/mol. The van der Waals surface area contributed by atoms with Crippen molar-refractivity contribution in [3.05, 3.63) is 28.2 Å². The SMILES string of the molecule is CC(c1ccsc1)n1c(CO)nnc1SCC(=O)O. The maximum atomic E-state index is 10.6. The predicted octanol–water partition coefficient (Wildman–Crippen LogP) is 1.62. The summed E-state index contributed by atoms with van der Waals surface area (Å²) in [7, 11) is 0. The number of aliphatic hydroxyl groups excluding tert-OH is 1. The number of rotatable bonds is 6. The highest BCUT2D eigenvalue weighted by Crippen LogP contribution is 2.27. The minimum atomic E-state index is -0.909. The second-order valence-corrected chi connectivity index (χ2v) is 5.56. The molecule has 0 radical (unpaired) electrons. The summed E-state index contributed by atoms with van der Waals surface area (Å²) < 4.78 is 1.77. The molecule has 2 rings (SSSR count). The molecule has 1 atom stereocenters. The highest BCUT2D eigenvalue weighted by Gasteiger charge is 2.19. The van der Waals surface area contributed by atoms with Gasteiger partial charge in [-0.05, 0) is 29.3 Å². The molecule has 0 spiro atoms. The Morgan fingerprint density at radius 1 is 1.58 bits per heavy atom. The van der Waals surface area contributed by atoms with Crippen molar-refractivity contribution in [1.29, 1.82) is 0 Å². The first-order valence-corrected chi connectivity index (χ1v) is 7.47. The summed E-state index contributed by atoms with van der Waals surface area (Å²) in [5.41, 5.74) is 1.08. The van der Waals surface area contributed by atoms with Crippen LogP contribution in [0.1, 0.15) is 24.4 Å². The molecule has 0 bridgehead atoms. The first-order valence-electron chi connectivity index (χ1n) is 5.54. The number of carboxylic acid groups (broad SMARTS) is 1. The minimum absolute atomic E-state index is 0.0419. The molecule has 0 aromatic carbocycles. The lowest BCUT2D eigenvalue weighted by molar-refractivity contribution is -0.133. The maximum Gasteiger partial charge on any atom is 0.313 e. The van der Waals surface area contributed by atoms with E-state index >= 15 is 0 Å². The van der Waals surface area contributed by atoms with E-state index in [9.17, 15) is 9.90 Å². The van der Waals surface area contributed by atoms with Gasteiger partial charge in [0.15, 0.2) is 11.0 Å². The normalized spacial score (nSPS) is 12.5. The van der Waals surface area contributed by atoms with E-state index in [1.54, 1.807) is 15.9 Å². The van der Waals surface area contributed by atoms with Crippen LogP contribution < -0.4 is 0 Å². The van der Waals surface area contributed by atoms with Crippen LogP contribution in [0.15, 0.2) is 22.0 Å². The molecule has 2 heterocycles. The van der Waals surface area contributed by atoms with Gasteiger partial charge in [0.2, 0.25) is 0 Å². The number of thiophene rings is 1. The molecule has 0 fully saturated rings. The molecule has 0 amide bonds. The van der Waals surface area contributed by atoms with Gasteiger partial charge in [0.1, 0.15) is 6.61 Å². The first-order chi connectivity index (χ1) is 9.13. The maximum absolute atomic E-state index is 10.6. The number of aliphatic carboxylic acids is 1. The average molecular weight is 299 g/mol. The number of aliphatic hydroxyl groups is 1. The van der Waals surface area contributed by atoms with E-state index in [0.717, 1.165) is 17.3 Å². The molecule has 102 valence electrons. The smallest absolute Gasteiger partial charge is 0.313 e. The fraction of sp³-hybridized carbons (Fsp3) is 0.364. The lowest BCUT2D eigenvalue weighted by atomic mass is 10.2. The summed E-state index contributed by atoms with van der Waals surface area (Å²) in [4.78, 5) is 10.6. The molecule has 6 nitrogen and oxygen atoms in total. The number of thioether (sulfide) groups is 1. The van der Waals surface area contributed by atoms with Crippen LogP contribution in [0.25, 0.3) is 0 Å². The van der Waals surface area contributed by atoms with E-state index in [1.165, 1.54) is 0 Å². The van der Waals surface area contributed by atoms with Gasteiger partial charge in [-0.1, -0.05) is 11.8 Å². The second-order valence-electron chi connectivity index (χ2n) is 3.84. The molecule has 1 unspecified atom stereocenters. The first kappa shape index (κ1) is 14.0. The number of carboxylic acids is 1. The van der Waals surface area contributed by atoms with Gasteiger partial charge in [0.05, 0.1) is 11.8 Å². The van der Waals surface area contributed by atoms with Crippen LogP contribution in [-0.2, 0) is 11.4 Å². The van der Waals surface area contributed by atoms with Gasteiger partial charge < -0.3 is 10.2 Å². The Labute approximate surface area is 118 Å². The highest BCUT2D eigenvalue weighted by molar-refractivity contribution is 7.99. The fourth-order valence-corrected chi connectivity index (χ4v) is 3.19. The Kier molecular flexibility index (Phi) is 4.56. The van der Waals surface area contributed by atoms with E-state index in [0.29, 0.717) is 11.0 Å². The van der Waals surface area contributed by atoms with Gasteiger partial charge in [-0.25, -0.2) is 0 Å². The molecule has 19 heavy (non-hydrogen) atoms. The van der Waals surface area contributed by atoms with Crippen molar-refractivity contribution >= 4 is 29.1 Å². The zero-order valence-electron chi connectivity index (χ0n) is 10.2. The quantitative estimate of drug-likeness (QED) is 0.788. The summed E-state index contributed by atoms with van der Waals surface area (Å²) >= 11 is 2.68. The minimum Gasteiger partial charge on any atom is -0.481 e. The molecular weight excluding hydrogens is 286 g/mol. The van der Waals surface area contributed by atoms with Crippen LogP contribution in [0.2, 0.25) is 0 Å². The highest BCUT2D eigenvalue weighted by atomic mass is 32.2. The standard InChI is InChI=1S/C11H13N3O3S2/c1-7(8-2-3-18-5-8)14-9(4-15)12-13-11(14)19-6-10(16)17/h2-3,5,7,15H,4,6H2,1H3,(H,16,17). The van der Waals surface area contributed by atoms with Gasteiger partial charge in [-0.15, -0.1) is 10.2 Å². The molecule has 8 heteroatoms. The van der Waals surface area contributed by atoms with Crippen molar-refractivity contribution in [2.24, 2.45) is 0 Å². The monoisotopic (exact) mass is 299 g/mol. The summed E-state index contributed by atoms with van der Waals surface area (Å²) in [6.45, 7) is 1.74. The Balaban J connectivity index is 2.30. The molecule has 0 saturated carbocycles. The number of hydrogen-bond acceptors (Lipinski definition) is 6. The van der Waals surface area contributed by atoms with Crippen LogP contribution in [-0.4, -0.2) is 36.7 Å². The number of hydrogen-bond donors (Lipinski definition) is 2. The number of carbonyl (C=O) groups is 1. The Hall–Kier alpha value is -1.38. The molecule has 0 saturated heterocycles. The fourth-order valence-electron chi connectivity index (χ4n) is 1.69. The van der Waals surface area contributed by atoms with Crippen molar-refractivity contribution in [3.8, 4) is 0 Å². The zero-order valence-corrected chi connectivity index (χ0v) is 11.8. The van der Waals surface area contributed by atoms with Gasteiger partial charge in [-0.2, -0.15) is 11.3 Å². The van der Waals surface area contributed by atoms with Crippen LogP contribution in [0.3, 0.4) is 0 Å². The zero-order chi connectivity index (χ0) is 13.8. The number of nitrogens with zero attached hydrogens (tertiary/aromatic N) is 3. The Bertz CT molecular complexity index is 554. The molecule has 2 N–H and O–H groups in total. The van der Waals surface area contributed by atoms with Gasteiger partial charge in [-0.3, -0.25) is 9.36 Å². The molecule has 0 aliphatic heterocycles. The number of aromatic nitrogens is 3. The summed E-state index contributed by atoms with van der Waals surface area (Å²) in [5, 5.41) is 30.4. The van der Waals surface area contributed by atoms with Gasteiger partial charge in [0.25, 0.3) is 0 Å². The van der Waals surface area contributed by atoms with Gasteiger partial charge >= 0.3 is 5.97 Å². The van der Waals surface area contributed by atoms with E-state index in [4.69, 9.17) is 5.11 Å². The van der Waals surface area contributed by atoms with Crippen LogP contribution in [0.4, 0.5) is 0 Å². The van der Waals surface area contributed by atoms with Crippen LogP contribution in [0.5, 0.6) is 0 Å². The second kappa shape index (κ2) is 6.18. The third kappa shape index (κ3) is 3.14. The van der Waals surface area contributed by atoms with Crippen molar-refractivity contribution in [1.82, 2.24) is 14.8 Å². The summed E-state index contributed by atoms with van der Waals surface area (Å²) in [5.74, 6) is -0.556. The van der Waals surface area contributed by atoms with Crippen molar-refractivity contribution in [3.63, 3.8) is 0 Å². The average Bonchev–Trinajstić information content (AvgIpc) is 3.04. The topological polar surface area (TPSA) is 88.2 Å². The summed E-state index contributed by atoms with van der Waals surface area (Å²) in [6.07, 6.45) is 0. The largest absolute Gasteiger partial charge is 0.481 e. The summed E-state index contributed by atoms with van der Waals surface area (Å²) in [6, 6.07) is 1.95. The molecule has 2 aromatic rings. The van der Waals surface area contributed by atoms with Crippen molar-refractivity contribution in [2.45, 2.75) is 24.7 Å².